The Labute approximate surface area is 92.1 Å². The smallest absolute Gasteiger partial charge is 0.123 e. The van der Waals surface area contributed by atoms with Gasteiger partial charge >= 0.3 is 0 Å². The lowest BCUT2D eigenvalue weighted by Crippen LogP contribution is -2.13. The summed E-state index contributed by atoms with van der Waals surface area (Å²) < 4.78 is 0. The molecule has 0 saturated heterocycles. The van der Waals surface area contributed by atoms with Gasteiger partial charge in [-0.15, -0.1) is 0 Å². The lowest BCUT2D eigenvalue weighted by Gasteiger charge is -2.17. The van der Waals surface area contributed by atoms with Crippen molar-refractivity contribution in [3.8, 4) is 5.75 Å². The molecule has 84 valence electrons. The maximum Gasteiger partial charge on any atom is 0.123 e. The van der Waals surface area contributed by atoms with Gasteiger partial charge in [-0.25, -0.2) is 0 Å². The largest absolute Gasteiger partial charge is 0.507 e. The van der Waals surface area contributed by atoms with Crippen molar-refractivity contribution in [2.24, 2.45) is 11.7 Å². The predicted octanol–water partition coefficient (Wildman–Crippen LogP) is 3.05. The van der Waals surface area contributed by atoms with Crippen LogP contribution in [0.3, 0.4) is 0 Å². The summed E-state index contributed by atoms with van der Waals surface area (Å²) in [6.07, 6.45) is 0.899. The third-order valence-corrected chi connectivity index (χ3v) is 2.60. The monoisotopic (exact) mass is 207 g/mol. The van der Waals surface area contributed by atoms with E-state index in [0.29, 0.717) is 11.7 Å². The topological polar surface area (TPSA) is 46.2 Å². The highest BCUT2D eigenvalue weighted by Crippen LogP contribution is 2.30. The van der Waals surface area contributed by atoms with Crippen LogP contribution in [0.2, 0.25) is 0 Å². The highest BCUT2D eigenvalue weighted by Gasteiger charge is 2.14. The van der Waals surface area contributed by atoms with Crippen LogP contribution in [0, 0.1) is 19.8 Å². The molecule has 0 aliphatic heterocycles. The molecule has 1 atom stereocenters. The van der Waals surface area contributed by atoms with Crippen molar-refractivity contribution in [3.63, 3.8) is 0 Å². The van der Waals surface area contributed by atoms with Crippen LogP contribution >= 0.6 is 0 Å². The standard InChI is InChI=1S/C13H21NO/c1-8(2)5-12(14)11-7-9(3)6-10(4)13(11)15/h6-8,12,15H,5,14H2,1-4H3. The quantitative estimate of drug-likeness (QED) is 0.800. The number of phenolic OH excluding ortho intramolecular Hbond substituents is 1. The first-order chi connectivity index (χ1) is 6.91. The molecule has 0 aromatic heterocycles. The molecule has 3 N–H and O–H groups in total. The van der Waals surface area contributed by atoms with Crippen molar-refractivity contribution in [2.45, 2.75) is 40.2 Å². The number of nitrogens with two attached hydrogens (primary N) is 1. The average molecular weight is 207 g/mol. The first-order valence-electron chi connectivity index (χ1n) is 5.47. The maximum absolute atomic E-state index is 9.93. The Morgan fingerprint density at radius 2 is 1.87 bits per heavy atom. The minimum Gasteiger partial charge on any atom is -0.507 e. The fraction of sp³-hybridized carbons (Fsp3) is 0.538. The SMILES string of the molecule is Cc1cc(C)c(O)c(C(N)CC(C)C)c1. The van der Waals surface area contributed by atoms with Crippen LogP contribution in [-0.2, 0) is 0 Å². The Morgan fingerprint density at radius 1 is 1.27 bits per heavy atom. The van der Waals surface area contributed by atoms with E-state index in [-0.39, 0.29) is 6.04 Å². The summed E-state index contributed by atoms with van der Waals surface area (Å²) in [5, 5.41) is 9.93. The molecule has 0 spiro atoms. The molecule has 0 saturated carbocycles. The van der Waals surface area contributed by atoms with E-state index in [1.807, 2.05) is 26.0 Å². The molecular weight excluding hydrogens is 186 g/mol. The van der Waals surface area contributed by atoms with Crippen molar-refractivity contribution >= 4 is 0 Å². The molecule has 2 heteroatoms. The summed E-state index contributed by atoms with van der Waals surface area (Å²) in [4.78, 5) is 0. The first kappa shape index (κ1) is 12.1. The Balaban J connectivity index is 3.02. The van der Waals surface area contributed by atoms with Gasteiger partial charge in [-0.3, -0.25) is 0 Å². The molecule has 1 aromatic carbocycles. The molecule has 1 aromatic rings. The third kappa shape index (κ3) is 2.96. The number of hydrogen-bond acceptors (Lipinski definition) is 2. The Bertz CT molecular complexity index is 345. The normalized spacial score (nSPS) is 13.2. The van der Waals surface area contributed by atoms with Crippen LogP contribution in [0.4, 0.5) is 0 Å². The van der Waals surface area contributed by atoms with Gasteiger partial charge in [0.15, 0.2) is 0 Å². The van der Waals surface area contributed by atoms with Crippen LogP contribution in [0.5, 0.6) is 5.75 Å². The minimum atomic E-state index is -0.0661. The number of rotatable bonds is 3. The zero-order valence-corrected chi connectivity index (χ0v) is 10.0. The summed E-state index contributed by atoms with van der Waals surface area (Å²) >= 11 is 0. The van der Waals surface area contributed by atoms with Gasteiger partial charge in [0.1, 0.15) is 5.75 Å². The highest BCUT2D eigenvalue weighted by molar-refractivity contribution is 5.44. The van der Waals surface area contributed by atoms with E-state index >= 15 is 0 Å². The second kappa shape index (κ2) is 4.67. The number of hydrogen-bond donors (Lipinski definition) is 2. The van der Waals surface area contributed by atoms with Crippen molar-refractivity contribution in [1.29, 1.82) is 0 Å². The summed E-state index contributed by atoms with van der Waals surface area (Å²) in [5.41, 5.74) is 9.01. The fourth-order valence-corrected chi connectivity index (χ4v) is 1.91. The molecule has 0 fully saturated rings. The van der Waals surface area contributed by atoms with Crippen molar-refractivity contribution in [3.05, 3.63) is 28.8 Å². The van der Waals surface area contributed by atoms with E-state index in [0.717, 1.165) is 23.1 Å². The van der Waals surface area contributed by atoms with Crippen molar-refractivity contribution in [2.75, 3.05) is 0 Å². The molecule has 0 aliphatic carbocycles. The fourth-order valence-electron chi connectivity index (χ4n) is 1.91. The van der Waals surface area contributed by atoms with Gasteiger partial charge in [0.2, 0.25) is 0 Å². The molecule has 1 rings (SSSR count). The average Bonchev–Trinajstić information content (AvgIpc) is 2.09. The van der Waals surface area contributed by atoms with Gasteiger partial charge < -0.3 is 10.8 Å². The van der Waals surface area contributed by atoms with Crippen molar-refractivity contribution in [1.82, 2.24) is 0 Å². The minimum absolute atomic E-state index is 0.0661. The summed E-state index contributed by atoms with van der Waals surface area (Å²) in [6.45, 7) is 8.21. The van der Waals surface area contributed by atoms with Gasteiger partial charge in [0, 0.05) is 11.6 Å². The summed E-state index contributed by atoms with van der Waals surface area (Å²) in [5.74, 6) is 0.897. The second-order valence-electron chi connectivity index (χ2n) is 4.76. The number of phenols is 1. The zero-order valence-electron chi connectivity index (χ0n) is 10.0. The second-order valence-corrected chi connectivity index (χ2v) is 4.76. The molecule has 15 heavy (non-hydrogen) atoms. The van der Waals surface area contributed by atoms with E-state index in [9.17, 15) is 5.11 Å². The van der Waals surface area contributed by atoms with E-state index in [4.69, 9.17) is 5.73 Å². The third-order valence-electron chi connectivity index (χ3n) is 2.60. The van der Waals surface area contributed by atoms with Crippen LogP contribution < -0.4 is 5.73 Å². The van der Waals surface area contributed by atoms with E-state index in [1.165, 1.54) is 0 Å². The number of benzene rings is 1. The summed E-state index contributed by atoms with van der Waals surface area (Å²) in [7, 11) is 0. The van der Waals surface area contributed by atoms with Gasteiger partial charge in [-0.1, -0.05) is 31.5 Å². The molecular formula is C13H21NO. The van der Waals surface area contributed by atoms with Crippen LogP contribution in [-0.4, -0.2) is 5.11 Å². The van der Waals surface area contributed by atoms with Crippen molar-refractivity contribution < 1.29 is 5.11 Å². The molecule has 2 nitrogen and oxygen atoms in total. The van der Waals surface area contributed by atoms with Crippen LogP contribution in [0.15, 0.2) is 12.1 Å². The van der Waals surface area contributed by atoms with E-state index in [1.54, 1.807) is 0 Å². The lowest BCUT2D eigenvalue weighted by molar-refractivity contribution is 0.441. The van der Waals surface area contributed by atoms with Gasteiger partial charge in [-0.2, -0.15) is 0 Å². The lowest BCUT2D eigenvalue weighted by atomic mass is 9.94. The highest BCUT2D eigenvalue weighted by atomic mass is 16.3. The maximum atomic E-state index is 9.93. The van der Waals surface area contributed by atoms with E-state index < -0.39 is 0 Å². The molecule has 0 bridgehead atoms. The van der Waals surface area contributed by atoms with Gasteiger partial charge in [0.05, 0.1) is 0 Å². The molecule has 1 unspecified atom stereocenters. The Hall–Kier alpha value is -1.02. The Morgan fingerprint density at radius 3 is 2.40 bits per heavy atom. The predicted molar refractivity (Wildman–Crippen MR) is 64.0 cm³/mol. The summed E-state index contributed by atoms with van der Waals surface area (Å²) in [6, 6.07) is 3.89. The van der Waals surface area contributed by atoms with Crippen LogP contribution in [0.25, 0.3) is 0 Å². The molecule has 0 heterocycles. The van der Waals surface area contributed by atoms with E-state index in [2.05, 4.69) is 13.8 Å². The number of aromatic hydroxyl groups is 1. The molecule has 0 radical (unpaired) electrons. The number of aryl methyl sites for hydroxylation is 2. The Kier molecular flexibility index (Phi) is 3.75. The zero-order chi connectivity index (χ0) is 11.6. The first-order valence-corrected chi connectivity index (χ1v) is 5.47. The van der Waals surface area contributed by atoms with Crippen LogP contribution in [0.1, 0.15) is 43.0 Å². The molecule has 0 amide bonds. The van der Waals surface area contributed by atoms with Gasteiger partial charge in [-0.05, 0) is 31.7 Å². The molecule has 0 aliphatic rings. The van der Waals surface area contributed by atoms with Gasteiger partial charge in [0.25, 0.3) is 0 Å².